The van der Waals surface area contributed by atoms with Crippen LogP contribution in [0, 0.1) is 17.3 Å². The van der Waals surface area contributed by atoms with Crippen LogP contribution in [0.25, 0.3) is 0 Å². The number of rotatable bonds is 4. The van der Waals surface area contributed by atoms with Gasteiger partial charge in [-0.3, -0.25) is 4.79 Å². The van der Waals surface area contributed by atoms with Crippen molar-refractivity contribution in [1.29, 1.82) is 0 Å². The van der Waals surface area contributed by atoms with E-state index < -0.39 is 0 Å². The first-order chi connectivity index (χ1) is 8.33. The fourth-order valence-corrected chi connectivity index (χ4v) is 3.03. The van der Waals surface area contributed by atoms with E-state index in [2.05, 4.69) is 20.8 Å². The Labute approximate surface area is 112 Å². The van der Waals surface area contributed by atoms with Gasteiger partial charge in [0.25, 0.3) is 0 Å². The predicted octanol–water partition coefficient (Wildman–Crippen LogP) is 2.65. The Morgan fingerprint density at radius 2 is 1.78 bits per heavy atom. The number of nitrogens with two attached hydrogens (primary N) is 1. The Kier molecular flexibility index (Phi) is 5.64. The molecule has 0 aliphatic heterocycles. The van der Waals surface area contributed by atoms with E-state index in [1.165, 1.54) is 12.8 Å². The monoisotopic (exact) mass is 254 g/mol. The van der Waals surface area contributed by atoms with Gasteiger partial charge in [-0.05, 0) is 50.0 Å². The van der Waals surface area contributed by atoms with Gasteiger partial charge in [0.05, 0.1) is 0 Å². The number of hydrogen-bond acceptors (Lipinski definition) is 2. The third-order valence-corrected chi connectivity index (χ3v) is 3.86. The van der Waals surface area contributed by atoms with Crippen LogP contribution in [0.4, 0.5) is 0 Å². The van der Waals surface area contributed by atoms with Crippen LogP contribution in [0.1, 0.15) is 52.9 Å². The van der Waals surface area contributed by atoms with Gasteiger partial charge < -0.3 is 10.6 Å². The summed E-state index contributed by atoms with van der Waals surface area (Å²) < 4.78 is 0. The van der Waals surface area contributed by atoms with E-state index in [4.69, 9.17) is 5.73 Å². The van der Waals surface area contributed by atoms with Gasteiger partial charge in [-0.25, -0.2) is 0 Å². The molecule has 0 bridgehead atoms. The minimum Gasteiger partial charge on any atom is -0.345 e. The molecule has 0 saturated heterocycles. The average Bonchev–Trinajstić information content (AvgIpc) is 2.27. The van der Waals surface area contributed by atoms with E-state index in [0.717, 1.165) is 38.3 Å². The molecule has 18 heavy (non-hydrogen) atoms. The molecule has 0 radical (unpaired) electrons. The zero-order valence-corrected chi connectivity index (χ0v) is 12.5. The zero-order valence-electron chi connectivity index (χ0n) is 12.5. The van der Waals surface area contributed by atoms with Crippen LogP contribution in [0.5, 0.6) is 0 Å². The van der Waals surface area contributed by atoms with Crippen LogP contribution < -0.4 is 5.73 Å². The molecule has 0 aromatic rings. The molecule has 1 amide bonds. The van der Waals surface area contributed by atoms with Gasteiger partial charge in [-0.1, -0.05) is 20.8 Å². The van der Waals surface area contributed by atoms with Crippen molar-refractivity contribution in [2.75, 3.05) is 20.1 Å². The topological polar surface area (TPSA) is 46.3 Å². The number of carbonyl (C=O) groups excluding carboxylic acids is 1. The molecular formula is C15H30N2O. The molecule has 0 atom stereocenters. The van der Waals surface area contributed by atoms with Crippen molar-refractivity contribution in [2.45, 2.75) is 52.9 Å². The van der Waals surface area contributed by atoms with Gasteiger partial charge in [0.2, 0.25) is 5.91 Å². The lowest BCUT2D eigenvalue weighted by molar-refractivity contribution is -0.136. The molecule has 2 N–H and O–H groups in total. The van der Waals surface area contributed by atoms with Gasteiger partial charge in [0, 0.05) is 19.5 Å². The van der Waals surface area contributed by atoms with Gasteiger partial charge >= 0.3 is 0 Å². The molecule has 0 aromatic carbocycles. The van der Waals surface area contributed by atoms with Crippen molar-refractivity contribution < 1.29 is 4.79 Å². The molecule has 3 nitrogen and oxygen atoms in total. The highest BCUT2D eigenvalue weighted by molar-refractivity contribution is 5.78. The first-order valence-electron chi connectivity index (χ1n) is 7.28. The Bertz CT molecular complexity index is 262. The molecule has 1 aliphatic carbocycles. The first kappa shape index (κ1) is 15.5. The Hall–Kier alpha value is -0.570. The highest BCUT2D eigenvalue weighted by Gasteiger charge is 2.29. The summed E-state index contributed by atoms with van der Waals surface area (Å²) in [6.45, 7) is 8.15. The average molecular weight is 254 g/mol. The summed E-state index contributed by atoms with van der Waals surface area (Å²) in [6.07, 6.45) is 5.59. The quantitative estimate of drug-likeness (QED) is 0.838. The van der Waals surface area contributed by atoms with Gasteiger partial charge in [-0.15, -0.1) is 0 Å². The van der Waals surface area contributed by atoms with E-state index in [1.54, 1.807) is 0 Å². The number of carbonyl (C=O) groups is 1. The minimum absolute atomic E-state index is 0.182. The molecule has 1 aliphatic rings. The lowest BCUT2D eigenvalue weighted by Gasteiger charge is -2.33. The third kappa shape index (κ3) is 4.97. The van der Waals surface area contributed by atoms with Crippen LogP contribution >= 0.6 is 0 Å². The Morgan fingerprint density at radius 1 is 1.22 bits per heavy atom. The van der Waals surface area contributed by atoms with Crippen molar-refractivity contribution >= 4 is 5.91 Å². The van der Waals surface area contributed by atoms with Gasteiger partial charge in [0.1, 0.15) is 0 Å². The van der Waals surface area contributed by atoms with Crippen molar-refractivity contribution in [3.8, 4) is 0 Å². The molecule has 0 spiro atoms. The number of amides is 1. The molecule has 1 rings (SSSR count). The van der Waals surface area contributed by atoms with Gasteiger partial charge in [-0.2, -0.15) is 0 Å². The first-order valence-corrected chi connectivity index (χ1v) is 7.28. The van der Waals surface area contributed by atoms with E-state index in [1.807, 2.05) is 11.9 Å². The van der Waals surface area contributed by atoms with Crippen molar-refractivity contribution in [3.63, 3.8) is 0 Å². The lowest BCUT2D eigenvalue weighted by Crippen LogP contribution is -2.39. The fourth-order valence-electron chi connectivity index (χ4n) is 3.03. The van der Waals surface area contributed by atoms with Crippen molar-refractivity contribution in [1.82, 2.24) is 4.90 Å². The number of hydrogen-bond donors (Lipinski definition) is 1. The van der Waals surface area contributed by atoms with Crippen LogP contribution in [-0.2, 0) is 4.79 Å². The summed E-state index contributed by atoms with van der Waals surface area (Å²) in [6, 6.07) is 0. The molecule has 0 aromatic heterocycles. The maximum atomic E-state index is 12.3. The standard InChI is InChI=1S/C15H30N2O/c1-15(2,3)11-17(4)14(18)13-7-5-12(6-8-13)9-10-16/h12-13H,5-11,16H2,1-4H3. The Morgan fingerprint density at radius 3 is 2.22 bits per heavy atom. The SMILES string of the molecule is CN(CC(C)(C)C)C(=O)C1CCC(CCN)CC1. The second kappa shape index (κ2) is 6.55. The Balaban J connectivity index is 2.40. The smallest absolute Gasteiger partial charge is 0.225 e. The highest BCUT2D eigenvalue weighted by atomic mass is 16.2. The lowest BCUT2D eigenvalue weighted by atomic mass is 9.80. The summed E-state index contributed by atoms with van der Waals surface area (Å²) in [5.41, 5.74) is 5.78. The van der Waals surface area contributed by atoms with E-state index in [0.29, 0.717) is 5.91 Å². The molecular weight excluding hydrogens is 224 g/mol. The normalized spacial score (nSPS) is 24.9. The van der Waals surface area contributed by atoms with Gasteiger partial charge in [0.15, 0.2) is 0 Å². The second-order valence-corrected chi connectivity index (χ2v) is 7.05. The third-order valence-electron chi connectivity index (χ3n) is 3.86. The minimum atomic E-state index is 0.182. The summed E-state index contributed by atoms with van der Waals surface area (Å²) in [7, 11) is 1.94. The summed E-state index contributed by atoms with van der Waals surface area (Å²) in [5.74, 6) is 1.36. The molecule has 106 valence electrons. The summed E-state index contributed by atoms with van der Waals surface area (Å²) in [5, 5.41) is 0. The molecule has 0 unspecified atom stereocenters. The molecule has 1 fully saturated rings. The molecule has 1 saturated carbocycles. The van der Waals surface area contributed by atoms with Crippen LogP contribution in [0.15, 0.2) is 0 Å². The molecule has 0 heterocycles. The largest absolute Gasteiger partial charge is 0.345 e. The fraction of sp³-hybridized carbons (Fsp3) is 0.933. The summed E-state index contributed by atoms with van der Waals surface area (Å²) >= 11 is 0. The second-order valence-electron chi connectivity index (χ2n) is 7.05. The van der Waals surface area contributed by atoms with E-state index in [-0.39, 0.29) is 11.3 Å². The predicted molar refractivity (Wildman–Crippen MR) is 76.2 cm³/mol. The zero-order chi connectivity index (χ0) is 13.8. The van der Waals surface area contributed by atoms with Crippen LogP contribution in [0.3, 0.4) is 0 Å². The van der Waals surface area contributed by atoms with Crippen LogP contribution in [-0.4, -0.2) is 30.9 Å². The number of nitrogens with zero attached hydrogens (tertiary/aromatic N) is 1. The van der Waals surface area contributed by atoms with Crippen molar-refractivity contribution in [2.24, 2.45) is 23.0 Å². The summed E-state index contributed by atoms with van der Waals surface area (Å²) in [4.78, 5) is 14.3. The van der Waals surface area contributed by atoms with Crippen molar-refractivity contribution in [3.05, 3.63) is 0 Å². The van der Waals surface area contributed by atoms with E-state index >= 15 is 0 Å². The maximum absolute atomic E-state index is 12.3. The maximum Gasteiger partial charge on any atom is 0.225 e. The molecule has 3 heteroatoms. The van der Waals surface area contributed by atoms with E-state index in [9.17, 15) is 4.79 Å². The van der Waals surface area contributed by atoms with Crippen LogP contribution in [0.2, 0.25) is 0 Å². The highest BCUT2D eigenvalue weighted by Crippen LogP contribution is 2.31.